The van der Waals surface area contributed by atoms with Crippen LogP contribution >= 0.6 is 23.2 Å². The zero-order valence-corrected chi connectivity index (χ0v) is 16.7. The van der Waals surface area contributed by atoms with Gasteiger partial charge in [-0.25, -0.2) is 0 Å². The van der Waals surface area contributed by atoms with Crippen molar-refractivity contribution in [2.24, 2.45) is 0 Å². The first kappa shape index (κ1) is 21.1. The molecule has 0 aliphatic heterocycles. The van der Waals surface area contributed by atoms with E-state index in [2.05, 4.69) is 5.32 Å². The van der Waals surface area contributed by atoms with E-state index in [9.17, 15) is 9.59 Å². The molecule has 2 aromatic rings. The van der Waals surface area contributed by atoms with Crippen molar-refractivity contribution in [3.8, 4) is 5.75 Å². The molecule has 0 aromatic heterocycles. The predicted octanol–water partition coefficient (Wildman–Crippen LogP) is 4.95. The first-order valence-corrected chi connectivity index (χ1v) is 9.22. The summed E-state index contributed by atoms with van der Waals surface area (Å²) in [6.07, 6.45) is 0.582. The molecule has 0 fully saturated rings. The third kappa shape index (κ3) is 6.77. The van der Waals surface area contributed by atoms with E-state index in [1.54, 1.807) is 24.3 Å². The average molecular weight is 410 g/mol. The summed E-state index contributed by atoms with van der Waals surface area (Å²) in [7, 11) is 0. The Hall–Kier alpha value is -2.24. The number of amides is 1. The van der Waals surface area contributed by atoms with E-state index in [1.165, 1.54) is 0 Å². The van der Waals surface area contributed by atoms with E-state index in [4.69, 9.17) is 32.7 Å². The van der Waals surface area contributed by atoms with Crippen molar-refractivity contribution in [3.63, 3.8) is 0 Å². The number of nitrogens with one attached hydrogen (secondary N) is 1. The fourth-order valence-electron chi connectivity index (χ4n) is 2.28. The molecule has 2 rings (SSSR count). The Labute approximate surface area is 168 Å². The summed E-state index contributed by atoms with van der Waals surface area (Å²) >= 11 is 11.8. The number of anilines is 1. The maximum absolute atomic E-state index is 11.9. The van der Waals surface area contributed by atoms with Gasteiger partial charge in [0, 0.05) is 17.1 Å². The lowest BCUT2D eigenvalue weighted by Crippen LogP contribution is -2.21. The quantitative estimate of drug-likeness (QED) is 0.494. The highest BCUT2D eigenvalue weighted by Crippen LogP contribution is 2.27. The predicted molar refractivity (Wildman–Crippen MR) is 107 cm³/mol. The SMILES string of the molecule is Cc1cccc(NC(=O)COC(=O)CCCOc2ccc(Cl)cc2Cl)c1C. The molecule has 144 valence electrons. The van der Waals surface area contributed by atoms with Crippen molar-refractivity contribution in [2.45, 2.75) is 26.7 Å². The van der Waals surface area contributed by atoms with E-state index in [0.29, 0.717) is 34.5 Å². The number of carbonyl (C=O) groups is 2. The number of benzene rings is 2. The minimum absolute atomic E-state index is 0.141. The number of aryl methyl sites for hydroxylation is 1. The first-order chi connectivity index (χ1) is 12.9. The molecule has 0 bridgehead atoms. The Balaban J connectivity index is 1.67. The summed E-state index contributed by atoms with van der Waals surface area (Å²) in [5, 5.41) is 3.67. The molecule has 1 N–H and O–H groups in total. The van der Waals surface area contributed by atoms with Crippen LogP contribution in [0.4, 0.5) is 5.69 Å². The second-order valence-corrected chi connectivity index (χ2v) is 6.83. The van der Waals surface area contributed by atoms with Gasteiger partial charge >= 0.3 is 5.97 Å². The van der Waals surface area contributed by atoms with Crippen LogP contribution in [-0.4, -0.2) is 25.1 Å². The maximum atomic E-state index is 11.9. The van der Waals surface area contributed by atoms with E-state index < -0.39 is 5.97 Å². The normalized spacial score (nSPS) is 10.4. The molecule has 0 atom stereocenters. The van der Waals surface area contributed by atoms with Gasteiger partial charge in [0.15, 0.2) is 6.61 Å². The second-order valence-electron chi connectivity index (χ2n) is 5.98. The van der Waals surface area contributed by atoms with Crippen LogP contribution in [0.3, 0.4) is 0 Å². The van der Waals surface area contributed by atoms with E-state index in [1.807, 2.05) is 26.0 Å². The summed E-state index contributed by atoms with van der Waals surface area (Å²) in [6.45, 7) is 3.86. The van der Waals surface area contributed by atoms with Crippen LogP contribution in [0.5, 0.6) is 5.75 Å². The van der Waals surface area contributed by atoms with Gasteiger partial charge in [-0.05, 0) is 55.7 Å². The molecule has 0 heterocycles. The number of halogens is 2. The van der Waals surface area contributed by atoms with Gasteiger partial charge in [0.25, 0.3) is 5.91 Å². The Morgan fingerprint density at radius 1 is 1.11 bits per heavy atom. The smallest absolute Gasteiger partial charge is 0.306 e. The highest BCUT2D eigenvalue weighted by Gasteiger charge is 2.10. The van der Waals surface area contributed by atoms with Crippen molar-refractivity contribution in [3.05, 3.63) is 57.6 Å². The highest BCUT2D eigenvalue weighted by atomic mass is 35.5. The van der Waals surface area contributed by atoms with E-state index in [0.717, 1.165) is 11.1 Å². The molecule has 0 aliphatic carbocycles. The van der Waals surface area contributed by atoms with Gasteiger partial charge in [0.2, 0.25) is 0 Å². The largest absolute Gasteiger partial charge is 0.492 e. The number of hydrogen-bond donors (Lipinski definition) is 1. The third-order valence-electron chi connectivity index (χ3n) is 3.92. The van der Waals surface area contributed by atoms with Gasteiger partial charge in [0.05, 0.1) is 11.6 Å². The van der Waals surface area contributed by atoms with Crippen molar-refractivity contribution in [1.82, 2.24) is 0 Å². The summed E-state index contributed by atoms with van der Waals surface area (Å²) < 4.78 is 10.5. The van der Waals surface area contributed by atoms with Gasteiger partial charge in [-0.15, -0.1) is 0 Å². The lowest BCUT2D eigenvalue weighted by molar-refractivity contribution is -0.147. The number of esters is 1. The van der Waals surface area contributed by atoms with Crippen LogP contribution in [0.25, 0.3) is 0 Å². The number of ether oxygens (including phenoxy) is 2. The van der Waals surface area contributed by atoms with Crippen molar-refractivity contribution < 1.29 is 19.1 Å². The number of rotatable bonds is 8. The summed E-state index contributed by atoms with van der Waals surface area (Å²) in [6, 6.07) is 10.6. The Morgan fingerprint density at radius 3 is 2.63 bits per heavy atom. The monoisotopic (exact) mass is 409 g/mol. The van der Waals surface area contributed by atoms with E-state index in [-0.39, 0.29) is 18.9 Å². The molecule has 0 saturated carbocycles. The molecule has 7 heteroatoms. The van der Waals surface area contributed by atoms with Crippen LogP contribution in [0.15, 0.2) is 36.4 Å². The lowest BCUT2D eigenvalue weighted by atomic mass is 10.1. The molecule has 0 unspecified atom stereocenters. The zero-order chi connectivity index (χ0) is 19.8. The van der Waals surface area contributed by atoms with Crippen LogP contribution < -0.4 is 10.1 Å². The Morgan fingerprint density at radius 2 is 1.89 bits per heavy atom. The van der Waals surface area contributed by atoms with Gasteiger partial charge in [0.1, 0.15) is 5.75 Å². The molecule has 0 aliphatic rings. The minimum Gasteiger partial charge on any atom is -0.492 e. The van der Waals surface area contributed by atoms with Crippen LogP contribution in [0.2, 0.25) is 10.0 Å². The van der Waals surface area contributed by atoms with Gasteiger partial charge < -0.3 is 14.8 Å². The molecule has 0 spiro atoms. The van der Waals surface area contributed by atoms with Crippen LogP contribution in [0, 0.1) is 13.8 Å². The Bertz CT molecular complexity index is 824. The fraction of sp³-hybridized carbons (Fsp3) is 0.300. The summed E-state index contributed by atoms with van der Waals surface area (Å²) in [4.78, 5) is 23.7. The summed E-state index contributed by atoms with van der Waals surface area (Å²) in [5.41, 5.74) is 2.77. The maximum Gasteiger partial charge on any atom is 0.306 e. The first-order valence-electron chi connectivity index (χ1n) is 8.46. The fourth-order valence-corrected chi connectivity index (χ4v) is 2.74. The van der Waals surface area contributed by atoms with Gasteiger partial charge in [-0.2, -0.15) is 0 Å². The standard InChI is InChI=1S/C20H21Cl2NO4/c1-13-5-3-6-17(14(13)2)23-19(24)12-27-20(25)7-4-10-26-18-9-8-15(21)11-16(18)22/h3,5-6,8-9,11H,4,7,10,12H2,1-2H3,(H,23,24). The molecule has 0 radical (unpaired) electrons. The minimum atomic E-state index is -0.461. The Kier molecular flexibility index (Phi) is 7.95. The van der Waals surface area contributed by atoms with Crippen LogP contribution in [-0.2, 0) is 14.3 Å². The zero-order valence-electron chi connectivity index (χ0n) is 15.2. The van der Waals surface area contributed by atoms with Crippen molar-refractivity contribution in [1.29, 1.82) is 0 Å². The molecular formula is C20H21Cl2NO4. The molecule has 27 heavy (non-hydrogen) atoms. The second kappa shape index (κ2) is 10.2. The molecule has 5 nitrogen and oxygen atoms in total. The number of carbonyl (C=O) groups excluding carboxylic acids is 2. The average Bonchev–Trinajstić information content (AvgIpc) is 2.62. The molecular weight excluding hydrogens is 389 g/mol. The van der Waals surface area contributed by atoms with Crippen LogP contribution in [0.1, 0.15) is 24.0 Å². The molecule has 2 aromatic carbocycles. The van der Waals surface area contributed by atoms with E-state index >= 15 is 0 Å². The van der Waals surface area contributed by atoms with Crippen molar-refractivity contribution >= 4 is 40.8 Å². The topological polar surface area (TPSA) is 64.6 Å². The molecule has 1 amide bonds. The highest BCUT2D eigenvalue weighted by molar-refractivity contribution is 6.35. The lowest BCUT2D eigenvalue weighted by Gasteiger charge is -2.11. The summed E-state index contributed by atoms with van der Waals surface area (Å²) in [5.74, 6) is -0.333. The third-order valence-corrected chi connectivity index (χ3v) is 4.45. The van der Waals surface area contributed by atoms with Gasteiger partial charge in [-0.1, -0.05) is 35.3 Å². The van der Waals surface area contributed by atoms with Crippen molar-refractivity contribution in [2.75, 3.05) is 18.5 Å². The van der Waals surface area contributed by atoms with Gasteiger partial charge in [-0.3, -0.25) is 9.59 Å². The number of hydrogen-bond acceptors (Lipinski definition) is 4. The molecule has 0 saturated heterocycles.